The highest BCUT2D eigenvalue weighted by atomic mass is 16.5. The van der Waals surface area contributed by atoms with E-state index < -0.39 is 0 Å². The van der Waals surface area contributed by atoms with Gasteiger partial charge in [-0.25, -0.2) is 19.9 Å². The number of aromatic nitrogens is 4. The maximum atomic E-state index is 5.43. The maximum absolute atomic E-state index is 5.43. The van der Waals surface area contributed by atoms with Gasteiger partial charge in [-0.1, -0.05) is 24.3 Å². The molecule has 0 saturated carbocycles. The van der Waals surface area contributed by atoms with Crippen molar-refractivity contribution in [2.24, 2.45) is 0 Å². The second-order valence-electron chi connectivity index (χ2n) is 11.7. The Kier molecular flexibility index (Phi) is 11.4. The number of nitrogen functional groups attached to an aromatic ring is 1. The molecule has 2 aromatic carbocycles. The molecule has 0 unspecified atom stereocenters. The zero-order valence-corrected chi connectivity index (χ0v) is 27.4. The fourth-order valence-corrected chi connectivity index (χ4v) is 5.36. The molecule has 4 aromatic rings. The van der Waals surface area contributed by atoms with Crippen LogP contribution in [-0.2, 0) is 13.1 Å². The summed E-state index contributed by atoms with van der Waals surface area (Å²) in [5.74, 6) is 2.75. The Morgan fingerprint density at radius 1 is 0.587 bits per heavy atom. The van der Waals surface area contributed by atoms with Gasteiger partial charge < -0.3 is 39.7 Å². The van der Waals surface area contributed by atoms with Crippen LogP contribution in [0, 0.1) is 0 Å². The minimum Gasteiger partial charge on any atom is -0.497 e. The number of nitrogens with zero attached hydrogens (tertiary/aromatic N) is 9. The first-order valence-corrected chi connectivity index (χ1v) is 15.7. The number of ether oxygens (including phenoxy) is 2. The summed E-state index contributed by atoms with van der Waals surface area (Å²) in [5, 5.41) is 0. The van der Waals surface area contributed by atoms with Crippen LogP contribution in [0.25, 0.3) is 0 Å². The van der Waals surface area contributed by atoms with Gasteiger partial charge in [0.1, 0.15) is 11.5 Å². The van der Waals surface area contributed by atoms with Gasteiger partial charge in [0, 0.05) is 65.4 Å². The topological polar surface area (TPSA) is 112 Å². The first-order chi connectivity index (χ1) is 22.4. The van der Waals surface area contributed by atoms with E-state index in [1.165, 1.54) is 11.1 Å². The fraction of sp³-hybridized carbons (Fsp3) is 0.412. The molecule has 6 rings (SSSR count). The van der Waals surface area contributed by atoms with Crippen molar-refractivity contribution in [3.8, 4) is 11.5 Å². The SMILES string of the molecule is CN1CCN(c2cnc(N)nc2)CC1.COc1ccc(CN(Cc2ccc(OC)cc2)c2ncc(N3CCN(C)CC3)cn2)cc1. The van der Waals surface area contributed by atoms with E-state index in [-0.39, 0.29) is 0 Å². The third-order valence-electron chi connectivity index (χ3n) is 8.37. The zero-order chi connectivity index (χ0) is 32.3. The van der Waals surface area contributed by atoms with Crippen molar-refractivity contribution in [2.45, 2.75) is 13.1 Å². The molecule has 12 nitrogen and oxygen atoms in total. The van der Waals surface area contributed by atoms with Crippen LogP contribution in [0.15, 0.2) is 73.3 Å². The molecule has 46 heavy (non-hydrogen) atoms. The number of hydrogen-bond acceptors (Lipinski definition) is 12. The van der Waals surface area contributed by atoms with E-state index in [4.69, 9.17) is 25.2 Å². The van der Waals surface area contributed by atoms with Gasteiger partial charge in [-0.05, 0) is 49.5 Å². The highest BCUT2D eigenvalue weighted by Crippen LogP contribution is 2.22. The molecule has 0 amide bonds. The normalized spacial score (nSPS) is 15.6. The quantitative estimate of drug-likeness (QED) is 0.294. The Labute approximate surface area is 272 Å². The van der Waals surface area contributed by atoms with Crippen LogP contribution < -0.4 is 29.9 Å². The first-order valence-electron chi connectivity index (χ1n) is 15.7. The van der Waals surface area contributed by atoms with Crippen LogP contribution in [0.3, 0.4) is 0 Å². The van der Waals surface area contributed by atoms with E-state index >= 15 is 0 Å². The number of hydrogen-bond donors (Lipinski definition) is 1. The van der Waals surface area contributed by atoms with Gasteiger partial charge in [-0.15, -0.1) is 0 Å². The highest BCUT2D eigenvalue weighted by Gasteiger charge is 2.17. The van der Waals surface area contributed by atoms with Crippen LogP contribution in [0.2, 0.25) is 0 Å². The number of anilines is 4. The van der Waals surface area contributed by atoms with Crippen molar-refractivity contribution >= 4 is 23.3 Å². The number of piperazine rings is 2. The second-order valence-corrected chi connectivity index (χ2v) is 11.7. The predicted molar refractivity (Wildman–Crippen MR) is 184 cm³/mol. The van der Waals surface area contributed by atoms with Gasteiger partial charge in [0.05, 0.1) is 50.4 Å². The monoisotopic (exact) mass is 626 g/mol. The lowest BCUT2D eigenvalue weighted by Crippen LogP contribution is -2.44. The molecular weight excluding hydrogens is 580 g/mol. The van der Waals surface area contributed by atoms with E-state index in [0.717, 1.165) is 81.2 Å². The number of benzene rings is 2. The lowest BCUT2D eigenvalue weighted by atomic mass is 10.1. The van der Waals surface area contributed by atoms with Crippen molar-refractivity contribution in [1.29, 1.82) is 0 Å². The first kappa shape index (κ1) is 32.7. The minimum absolute atomic E-state index is 0.336. The van der Waals surface area contributed by atoms with E-state index in [1.807, 2.05) is 36.7 Å². The molecule has 0 aliphatic carbocycles. The van der Waals surface area contributed by atoms with Crippen molar-refractivity contribution < 1.29 is 9.47 Å². The summed E-state index contributed by atoms with van der Waals surface area (Å²) < 4.78 is 10.6. The predicted octanol–water partition coefficient (Wildman–Crippen LogP) is 3.26. The summed E-state index contributed by atoms with van der Waals surface area (Å²) in [6.07, 6.45) is 7.46. The van der Waals surface area contributed by atoms with Crippen molar-refractivity contribution in [1.82, 2.24) is 29.7 Å². The Hall–Kier alpha value is -4.68. The average molecular weight is 627 g/mol. The summed E-state index contributed by atoms with van der Waals surface area (Å²) in [4.78, 5) is 28.9. The number of nitrogens with two attached hydrogens (primary N) is 1. The lowest BCUT2D eigenvalue weighted by molar-refractivity contribution is 0.312. The Morgan fingerprint density at radius 2 is 0.957 bits per heavy atom. The molecule has 2 fully saturated rings. The average Bonchev–Trinajstić information content (AvgIpc) is 3.10. The van der Waals surface area contributed by atoms with Crippen LogP contribution >= 0.6 is 0 Å². The number of methoxy groups -OCH3 is 2. The van der Waals surface area contributed by atoms with Crippen molar-refractivity contribution in [3.63, 3.8) is 0 Å². The van der Waals surface area contributed by atoms with E-state index in [2.05, 4.69) is 72.8 Å². The van der Waals surface area contributed by atoms with Gasteiger partial charge in [0.2, 0.25) is 11.9 Å². The molecule has 0 spiro atoms. The van der Waals surface area contributed by atoms with Crippen molar-refractivity contribution in [2.75, 3.05) is 101 Å². The van der Waals surface area contributed by atoms with Crippen LogP contribution in [0.1, 0.15) is 11.1 Å². The summed E-state index contributed by atoms with van der Waals surface area (Å²) in [6.45, 7) is 9.75. The van der Waals surface area contributed by atoms with E-state index in [9.17, 15) is 0 Å². The number of likely N-dealkylation sites (N-methyl/N-ethyl adjacent to an activating group) is 2. The molecule has 0 bridgehead atoms. The minimum atomic E-state index is 0.336. The number of rotatable bonds is 9. The van der Waals surface area contributed by atoms with Gasteiger partial charge in [-0.3, -0.25) is 0 Å². The molecule has 2 aromatic heterocycles. The molecule has 244 valence electrons. The molecule has 2 aliphatic rings. The smallest absolute Gasteiger partial charge is 0.225 e. The maximum Gasteiger partial charge on any atom is 0.225 e. The molecule has 2 saturated heterocycles. The van der Waals surface area contributed by atoms with Gasteiger partial charge >= 0.3 is 0 Å². The molecule has 0 atom stereocenters. The third-order valence-corrected chi connectivity index (χ3v) is 8.37. The Morgan fingerprint density at radius 3 is 1.33 bits per heavy atom. The van der Waals surface area contributed by atoms with Crippen LogP contribution in [-0.4, -0.2) is 110 Å². The van der Waals surface area contributed by atoms with E-state index in [0.29, 0.717) is 19.0 Å². The Bertz CT molecular complexity index is 1400. The highest BCUT2D eigenvalue weighted by molar-refractivity contribution is 5.47. The largest absolute Gasteiger partial charge is 0.497 e. The molecule has 12 heteroatoms. The fourth-order valence-electron chi connectivity index (χ4n) is 5.36. The Balaban J connectivity index is 0.000000247. The summed E-state index contributed by atoms with van der Waals surface area (Å²) in [5.41, 5.74) is 9.92. The van der Waals surface area contributed by atoms with Crippen LogP contribution in [0.4, 0.5) is 23.3 Å². The second kappa shape index (κ2) is 16.1. The standard InChI is InChI=1S/C25H31N5O2.C9H15N5/c1-28-12-14-29(15-13-28)22-16-26-25(27-17-22)30(18-20-4-8-23(31-2)9-5-20)19-21-6-10-24(32-3)11-7-21;1-13-2-4-14(5-3-13)8-6-11-9(10)12-7-8/h4-11,16-17H,12-15,18-19H2,1-3H3;6-7H,2-5H2,1H3,(H2,10,11,12). The zero-order valence-electron chi connectivity index (χ0n) is 27.4. The molecular formula is C34H46N10O2. The molecule has 2 aliphatic heterocycles. The van der Waals surface area contributed by atoms with Crippen LogP contribution in [0.5, 0.6) is 11.5 Å². The molecule has 4 heterocycles. The van der Waals surface area contributed by atoms with Gasteiger partial charge in [0.25, 0.3) is 0 Å². The van der Waals surface area contributed by atoms with Gasteiger partial charge in [-0.2, -0.15) is 0 Å². The van der Waals surface area contributed by atoms with E-state index in [1.54, 1.807) is 26.6 Å². The summed E-state index contributed by atoms with van der Waals surface area (Å²) in [7, 11) is 7.66. The van der Waals surface area contributed by atoms with Crippen molar-refractivity contribution in [3.05, 3.63) is 84.4 Å². The summed E-state index contributed by atoms with van der Waals surface area (Å²) in [6, 6.07) is 16.3. The molecule has 0 radical (unpaired) electrons. The lowest BCUT2D eigenvalue weighted by Gasteiger charge is -2.33. The summed E-state index contributed by atoms with van der Waals surface area (Å²) >= 11 is 0. The third kappa shape index (κ3) is 9.18. The van der Waals surface area contributed by atoms with Gasteiger partial charge in [0.15, 0.2) is 0 Å². The molecule has 2 N–H and O–H groups in total.